The Hall–Kier alpha value is -2.34. The third-order valence-corrected chi connectivity index (χ3v) is 3.47. The van der Waals surface area contributed by atoms with E-state index in [1.54, 1.807) is 12.1 Å². The van der Waals surface area contributed by atoms with Gasteiger partial charge < -0.3 is 4.74 Å². The summed E-state index contributed by atoms with van der Waals surface area (Å²) >= 11 is 0. The summed E-state index contributed by atoms with van der Waals surface area (Å²) in [5, 5.41) is 0. The number of Topliss-reactive ketones (excluding diaryl/α,β-unsaturated/α-hetero) is 1. The van der Waals surface area contributed by atoms with Crippen molar-refractivity contribution in [1.82, 2.24) is 0 Å². The quantitative estimate of drug-likeness (QED) is 0.831. The molecule has 0 saturated carbocycles. The summed E-state index contributed by atoms with van der Waals surface area (Å²) in [6, 6.07) is 14.2. The van der Waals surface area contributed by atoms with Gasteiger partial charge in [0.05, 0.1) is 11.9 Å². The lowest BCUT2D eigenvalue weighted by atomic mass is 10.1. The van der Waals surface area contributed by atoms with E-state index in [9.17, 15) is 13.2 Å². The standard InChI is InChI=1S/C16H17NO4S/c1-12(18)14-8-15(17-22(2,19)20)10-16(9-14)21-11-13-6-4-3-5-7-13/h3-10,17H,11H2,1-2H3. The number of rotatable bonds is 6. The number of anilines is 1. The lowest BCUT2D eigenvalue weighted by Crippen LogP contribution is -2.10. The number of carbonyl (C=O) groups is 1. The molecule has 0 aromatic heterocycles. The number of hydrogen-bond donors (Lipinski definition) is 1. The Morgan fingerprint density at radius 1 is 1.14 bits per heavy atom. The molecule has 0 aliphatic heterocycles. The molecule has 0 amide bonds. The Balaban J connectivity index is 2.24. The monoisotopic (exact) mass is 319 g/mol. The first kappa shape index (κ1) is 16.0. The number of carbonyl (C=O) groups excluding carboxylic acids is 1. The molecule has 0 bridgehead atoms. The average molecular weight is 319 g/mol. The minimum Gasteiger partial charge on any atom is -0.489 e. The van der Waals surface area contributed by atoms with Gasteiger partial charge in [0.1, 0.15) is 12.4 Å². The van der Waals surface area contributed by atoms with Crippen LogP contribution in [0.3, 0.4) is 0 Å². The molecule has 116 valence electrons. The van der Waals surface area contributed by atoms with Crippen molar-refractivity contribution in [1.29, 1.82) is 0 Å². The van der Waals surface area contributed by atoms with E-state index in [0.29, 0.717) is 23.6 Å². The van der Waals surface area contributed by atoms with E-state index < -0.39 is 10.0 Å². The first-order valence-electron chi connectivity index (χ1n) is 6.64. The van der Waals surface area contributed by atoms with E-state index in [4.69, 9.17) is 4.74 Å². The van der Waals surface area contributed by atoms with E-state index >= 15 is 0 Å². The molecule has 22 heavy (non-hydrogen) atoms. The van der Waals surface area contributed by atoms with Crippen LogP contribution in [-0.2, 0) is 16.6 Å². The Morgan fingerprint density at radius 3 is 2.41 bits per heavy atom. The summed E-state index contributed by atoms with van der Waals surface area (Å²) < 4.78 is 30.7. The third kappa shape index (κ3) is 4.89. The molecule has 0 saturated heterocycles. The van der Waals surface area contributed by atoms with Crippen LogP contribution in [0, 0.1) is 0 Å². The smallest absolute Gasteiger partial charge is 0.229 e. The van der Waals surface area contributed by atoms with Crippen molar-refractivity contribution >= 4 is 21.5 Å². The highest BCUT2D eigenvalue weighted by Crippen LogP contribution is 2.23. The molecule has 0 unspecified atom stereocenters. The first-order valence-corrected chi connectivity index (χ1v) is 8.53. The van der Waals surface area contributed by atoms with E-state index in [2.05, 4.69) is 4.72 Å². The molecular weight excluding hydrogens is 302 g/mol. The molecule has 0 aliphatic carbocycles. The Labute approximate surface area is 130 Å². The van der Waals surface area contributed by atoms with Crippen LogP contribution in [0.25, 0.3) is 0 Å². The van der Waals surface area contributed by atoms with Gasteiger partial charge in [0.2, 0.25) is 10.0 Å². The van der Waals surface area contributed by atoms with Crippen LogP contribution in [0.4, 0.5) is 5.69 Å². The summed E-state index contributed by atoms with van der Waals surface area (Å²) in [5.74, 6) is 0.268. The molecule has 5 nitrogen and oxygen atoms in total. The topological polar surface area (TPSA) is 72.5 Å². The van der Waals surface area contributed by atoms with Gasteiger partial charge in [-0.05, 0) is 24.6 Å². The number of ether oxygens (including phenoxy) is 1. The number of ketones is 1. The van der Waals surface area contributed by atoms with Gasteiger partial charge in [-0.25, -0.2) is 8.42 Å². The van der Waals surface area contributed by atoms with Crippen LogP contribution < -0.4 is 9.46 Å². The van der Waals surface area contributed by atoms with Crippen LogP contribution in [0.15, 0.2) is 48.5 Å². The van der Waals surface area contributed by atoms with Crippen molar-refractivity contribution in [2.75, 3.05) is 11.0 Å². The second-order valence-electron chi connectivity index (χ2n) is 4.95. The summed E-state index contributed by atoms with van der Waals surface area (Å²) in [4.78, 5) is 11.6. The molecule has 0 heterocycles. The normalized spacial score (nSPS) is 11.0. The summed E-state index contributed by atoms with van der Waals surface area (Å²) in [5.41, 5.74) is 1.67. The summed E-state index contributed by atoms with van der Waals surface area (Å²) in [6.07, 6.45) is 1.05. The molecule has 0 spiro atoms. The van der Waals surface area contributed by atoms with Crippen molar-refractivity contribution in [3.8, 4) is 5.75 Å². The van der Waals surface area contributed by atoms with Crippen molar-refractivity contribution < 1.29 is 17.9 Å². The van der Waals surface area contributed by atoms with Gasteiger partial charge in [0.15, 0.2) is 5.78 Å². The van der Waals surface area contributed by atoms with Crippen molar-refractivity contribution in [2.45, 2.75) is 13.5 Å². The second kappa shape index (κ2) is 6.62. The van der Waals surface area contributed by atoms with E-state index in [-0.39, 0.29) is 5.78 Å². The molecule has 0 aliphatic rings. The van der Waals surface area contributed by atoms with Crippen LogP contribution in [0.5, 0.6) is 5.75 Å². The van der Waals surface area contributed by atoms with Gasteiger partial charge in [-0.1, -0.05) is 30.3 Å². The molecule has 0 fully saturated rings. The minimum atomic E-state index is -3.42. The minimum absolute atomic E-state index is 0.165. The Kier molecular flexibility index (Phi) is 4.82. The van der Waals surface area contributed by atoms with Gasteiger partial charge in [-0.2, -0.15) is 0 Å². The van der Waals surface area contributed by atoms with Crippen molar-refractivity contribution in [2.24, 2.45) is 0 Å². The predicted octanol–water partition coefficient (Wildman–Crippen LogP) is 2.84. The Morgan fingerprint density at radius 2 is 1.82 bits per heavy atom. The molecule has 0 atom stereocenters. The number of benzene rings is 2. The van der Waals surface area contributed by atoms with E-state index in [1.165, 1.54) is 13.0 Å². The molecule has 2 aromatic carbocycles. The fourth-order valence-corrected chi connectivity index (χ4v) is 2.45. The largest absolute Gasteiger partial charge is 0.489 e. The maximum atomic E-state index is 11.6. The van der Waals surface area contributed by atoms with Crippen LogP contribution in [-0.4, -0.2) is 20.5 Å². The highest BCUT2D eigenvalue weighted by molar-refractivity contribution is 7.92. The number of hydrogen-bond acceptors (Lipinski definition) is 4. The Bertz CT molecular complexity index is 770. The fraction of sp³-hybridized carbons (Fsp3) is 0.188. The zero-order valence-corrected chi connectivity index (χ0v) is 13.2. The van der Waals surface area contributed by atoms with E-state index in [1.807, 2.05) is 30.3 Å². The van der Waals surface area contributed by atoms with E-state index in [0.717, 1.165) is 11.8 Å². The van der Waals surface area contributed by atoms with Gasteiger partial charge in [0, 0.05) is 11.6 Å². The average Bonchev–Trinajstić information content (AvgIpc) is 2.44. The van der Waals surface area contributed by atoms with Gasteiger partial charge >= 0.3 is 0 Å². The number of sulfonamides is 1. The highest BCUT2D eigenvalue weighted by atomic mass is 32.2. The van der Waals surface area contributed by atoms with Crippen LogP contribution in [0.2, 0.25) is 0 Å². The van der Waals surface area contributed by atoms with Crippen LogP contribution in [0.1, 0.15) is 22.8 Å². The molecule has 6 heteroatoms. The lowest BCUT2D eigenvalue weighted by molar-refractivity contribution is 0.101. The van der Waals surface area contributed by atoms with Gasteiger partial charge in [0.25, 0.3) is 0 Å². The summed E-state index contributed by atoms with van der Waals surface area (Å²) in [7, 11) is -3.42. The van der Waals surface area contributed by atoms with Gasteiger partial charge in [-0.3, -0.25) is 9.52 Å². The molecule has 2 rings (SSSR count). The first-order chi connectivity index (χ1) is 10.3. The summed E-state index contributed by atoms with van der Waals surface area (Å²) in [6.45, 7) is 1.75. The fourth-order valence-electron chi connectivity index (χ4n) is 1.90. The molecule has 0 radical (unpaired) electrons. The maximum Gasteiger partial charge on any atom is 0.229 e. The lowest BCUT2D eigenvalue weighted by Gasteiger charge is -2.11. The van der Waals surface area contributed by atoms with Crippen LogP contribution >= 0.6 is 0 Å². The molecule has 2 aromatic rings. The van der Waals surface area contributed by atoms with Gasteiger partial charge in [-0.15, -0.1) is 0 Å². The van der Waals surface area contributed by atoms with Crippen molar-refractivity contribution in [3.63, 3.8) is 0 Å². The molecule has 1 N–H and O–H groups in total. The zero-order chi connectivity index (χ0) is 16.2. The maximum absolute atomic E-state index is 11.6. The predicted molar refractivity (Wildman–Crippen MR) is 85.7 cm³/mol. The SMILES string of the molecule is CC(=O)c1cc(NS(C)(=O)=O)cc(OCc2ccccc2)c1. The highest BCUT2D eigenvalue weighted by Gasteiger charge is 2.09. The molecular formula is C16H17NO4S. The zero-order valence-electron chi connectivity index (χ0n) is 12.4. The third-order valence-electron chi connectivity index (χ3n) is 2.86. The second-order valence-corrected chi connectivity index (χ2v) is 6.70. The van der Waals surface area contributed by atoms with Crippen molar-refractivity contribution in [3.05, 3.63) is 59.7 Å². The number of nitrogens with one attached hydrogen (secondary N) is 1.